The molecule has 27 heavy (non-hydrogen) atoms. The quantitative estimate of drug-likeness (QED) is 0.679. The molecular weight excluding hydrogens is 342 g/mol. The van der Waals surface area contributed by atoms with Gasteiger partial charge in [0.25, 0.3) is 0 Å². The molecule has 0 bridgehead atoms. The van der Waals surface area contributed by atoms with Gasteiger partial charge in [0.1, 0.15) is 17.4 Å². The maximum Gasteiger partial charge on any atom is 0.209 e. The summed E-state index contributed by atoms with van der Waals surface area (Å²) in [6, 6.07) is 15.7. The predicted octanol–water partition coefficient (Wildman–Crippen LogP) is 2.63. The Balaban J connectivity index is 1.61. The summed E-state index contributed by atoms with van der Waals surface area (Å²) in [7, 11) is 0. The van der Waals surface area contributed by atoms with Gasteiger partial charge in [-0.15, -0.1) is 0 Å². The van der Waals surface area contributed by atoms with E-state index >= 15 is 0 Å². The molecule has 1 fully saturated rings. The molecule has 138 valence electrons. The van der Waals surface area contributed by atoms with Crippen LogP contribution in [0.4, 0.5) is 11.6 Å². The fourth-order valence-electron chi connectivity index (χ4n) is 3.05. The minimum Gasteiger partial charge on any atom is -0.467 e. The number of hydrogen-bond acceptors (Lipinski definition) is 6. The van der Waals surface area contributed by atoms with Gasteiger partial charge in [-0.1, -0.05) is 30.3 Å². The van der Waals surface area contributed by atoms with E-state index in [9.17, 15) is 4.79 Å². The molecule has 0 spiro atoms. The minimum absolute atomic E-state index is 0.552. The monoisotopic (exact) mass is 363 g/mol. The Kier molecular flexibility index (Phi) is 5.00. The summed E-state index contributed by atoms with van der Waals surface area (Å²) in [5.41, 5.74) is 0.965. The van der Waals surface area contributed by atoms with Crippen molar-refractivity contribution in [2.45, 2.75) is 6.54 Å². The first-order chi connectivity index (χ1) is 13.3. The number of anilines is 2. The van der Waals surface area contributed by atoms with Crippen LogP contribution in [0.25, 0.3) is 11.4 Å². The van der Waals surface area contributed by atoms with Gasteiger partial charge >= 0.3 is 0 Å². The summed E-state index contributed by atoms with van der Waals surface area (Å²) in [4.78, 5) is 24.4. The first-order valence-electron chi connectivity index (χ1n) is 8.97. The number of aromatic nitrogens is 2. The Morgan fingerprint density at radius 1 is 1.04 bits per heavy atom. The summed E-state index contributed by atoms with van der Waals surface area (Å²) in [6.45, 7) is 3.45. The van der Waals surface area contributed by atoms with Gasteiger partial charge in [-0.3, -0.25) is 4.79 Å². The Bertz CT molecular complexity index is 875. The molecule has 0 aliphatic carbocycles. The van der Waals surface area contributed by atoms with Crippen LogP contribution in [0.15, 0.2) is 59.2 Å². The number of piperazine rings is 1. The molecule has 1 saturated heterocycles. The van der Waals surface area contributed by atoms with E-state index in [0.717, 1.165) is 42.5 Å². The molecule has 0 unspecified atom stereocenters. The lowest BCUT2D eigenvalue weighted by Gasteiger charge is -2.33. The molecule has 1 amide bonds. The van der Waals surface area contributed by atoms with Crippen LogP contribution in [0, 0.1) is 0 Å². The molecule has 3 aromatic rings. The lowest BCUT2D eigenvalue weighted by molar-refractivity contribution is -0.118. The smallest absolute Gasteiger partial charge is 0.209 e. The Labute approximate surface area is 157 Å². The van der Waals surface area contributed by atoms with Crippen molar-refractivity contribution in [3.05, 3.63) is 60.6 Å². The topological polar surface area (TPSA) is 74.5 Å². The molecule has 3 heterocycles. The largest absolute Gasteiger partial charge is 0.467 e. The zero-order chi connectivity index (χ0) is 18.5. The van der Waals surface area contributed by atoms with E-state index in [1.165, 1.54) is 0 Å². The fourth-order valence-corrected chi connectivity index (χ4v) is 3.05. The van der Waals surface area contributed by atoms with Gasteiger partial charge < -0.3 is 19.5 Å². The molecule has 0 saturated carbocycles. The number of rotatable bonds is 6. The van der Waals surface area contributed by atoms with Crippen LogP contribution < -0.4 is 10.2 Å². The number of benzene rings is 1. The van der Waals surface area contributed by atoms with E-state index in [-0.39, 0.29) is 0 Å². The maximum absolute atomic E-state index is 11.0. The van der Waals surface area contributed by atoms with Crippen molar-refractivity contribution in [2.75, 3.05) is 36.4 Å². The number of nitrogens with one attached hydrogen (secondary N) is 1. The average Bonchev–Trinajstić information content (AvgIpc) is 3.26. The van der Waals surface area contributed by atoms with Crippen molar-refractivity contribution in [1.82, 2.24) is 14.9 Å². The Morgan fingerprint density at radius 2 is 1.85 bits per heavy atom. The third kappa shape index (κ3) is 4.08. The number of carbonyl (C=O) groups excluding carboxylic acids is 1. The van der Waals surface area contributed by atoms with Crippen LogP contribution in [0.1, 0.15) is 5.76 Å². The minimum atomic E-state index is 0.552. The highest BCUT2D eigenvalue weighted by Gasteiger charge is 2.18. The van der Waals surface area contributed by atoms with E-state index in [0.29, 0.717) is 25.5 Å². The summed E-state index contributed by atoms with van der Waals surface area (Å²) in [6.07, 6.45) is 2.56. The number of amides is 1. The van der Waals surface area contributed by atoms with Crippen molar-refractivity contribution in [3.8, 4) is 11.4 Å². The second-order valence-corrected chi connectivity index (χ2v) is 6.36. The van der Waals surface area contributed by atoms with Crippen molar-refractivity contribution in [1.29, 1.82) is 0 Å². The first-order valence-corrected chi connectivity index (χ1v) is 8.97. The van der Waals surface area contributed by atoms with Gasteiger partial charge in [0.2, 0.25) is 6.41 Å². The van der Waals surface area contributed by atoms with Gasteiger partial charge in [0.05, 0.1) is 12.8 Å². The molecular formula is C20H21N5O2. The molecule has 7 nitrogen and oxygen atoms in total. The van der Waals surface area contributed by atoms with Gasteiger partial charge in [0.15, 0.2) is 5.82 Å². The van der Waals surface area contributed by atoms with Crippen LogP contribution in [0.3, 0.4) is 0 Å². The van der Waals surface area contributed by atoms with Crippen LogP contribution in [0.2, 0.25) is 0 Å². The Morgan fingerprint density at radius 3 is 2.56 bits per heavy atom. The zero-order valence-corrected chi connectivity index (χ0v) is 14.9. The first kappa shape index (κ1) is 17.1. The lowest BCUT2D eigenvalue weighted by Crippen LogP contribution is -2.46. The molecule has 1 aliphatic rings. The normalized spacial score (nSPS) is 14.2. The number of hydrogen-bond donors (Lipinski definition) is 1. The Hall–Kier alpha value is -3.35. The molecule has 2 aromatic heterocycles. The summed E-state index contributed by atoms with van der Waals surface area (Å²) >= 11 is 0. The predicted molar refractivity (Wildman–Crippen MR) is 103 cm³/mol. The van der Waals surface area contributed by atoms with E-state index in [4.69, 9.17) is 9.40 Å². The molecule has 4 rings (SSSR count). The molecule has 0 radical (unpaired) electrons. The van der Waals surface area contributed by atoms with Gasteiger partial charge in [0, 0.05) is 37.8 Å². The third-order valence-electron chi connectivity index (χ3n) is 4.56. The van der Waals surface area contributed by atoms with Crippen molar-refractivity contribution in [3.63, 3.8) is 0 Å². The van der Waals surface area contributed by atoms with Gasteiger partial charge in [-0.05, 0) is 12.1 Å². The highest BCUT2D eigenvalue weighted by Crippen LogP contribution is 2.23. The molecule has 1 N–H and O–H groups in total. The van der Waals surface area contributed by atoms with E-state index in [2.05, 4.69) is 15.2 Å². The van der Waals surface area contributed by atoms with Crippen molar-refractivity contribution < 1.29 is 9.21 Å². The van der Waals surface area contributed by atoms with Crippen LogP contribution in [0.5, 0.6) is 0 Å². The summed E-state index contributed by atoms with van der Waals surface area (Å²) in [5.74, 6) is 3.12. The molecule has 7 heteroatoms. The van der Waals surface area contributed by atoms with E-state index < -0.39 is 0 Å². The molecule has 0 atom stereocenters. The van der Waals surface area contributed by atoms with E-state index in [1.54, 1.807) is 11.2 Å². The van der Waals surface area contributed by atoms with Crippen LogP contribution in [-0.4, -0.2) is 47.5 Å². The fraction of sp³-hybridized carbons (Fsp3) is 0.250. The SMILES string of the molecule is O=CN1CCN(c2cc(NCc3ccco3)nc(-c3ccccc3)n2)CC1. The van der Waals surface area contributed by atoms with Crippen molar-refractivity contribution in [2.24, 2.45) is 0 Å². The van der Waals surface area contributed by atoms with E-state index in [1.807, 2.05) is 48.5 Å². The number of nitrogens with zero attached hydrogens (tertiary/aromatic N) is 4. The van der Waals surface area contributed by atoms with Gasteiger partial charge in [-0.25, -0.2) is 9.97 Å². The van der Waals surface area contributed by atoms with Crippen LogP contribution >= 0.6 is 0 Å². The lowest BCUT2D eigenvalue weighted by atomic mass is 10.2. The maximum atomic E-state index is 11.0. The highest BCUT2D eigenvalue weighted by molar-refractivity contribution is 5.62. The second-order valence-electron chi connectivity index (χ2n) is 6.36. The third-order valence-corrected chi connectivity index (χ3v) is 4.56. The standard InChI is InChI=1S/C20H21N5O2/c26-15-24-8-10-25(11-9-24)19-13-18(21-14-17-7-4-12-27-17)22-20(23-19)16-5-2-1-3-6-16/h1-7,12-13,15H,8-11,14H2,(H,21,22,23). The number of furan rings is 1. The second kappa shape index (κ2) is 7.90. The summed E-state index contributed by atoms with van der Waals surface area (Å²) < 4.78 is 5.39. The highest BCUT2D eigenvalue weighted by atomic mass is 16.3. The molecule has 1 aliphatic heterocycles. The van der Waals surface area contributed by atoms with Gasteiger partial charge in [-0.2, -0.15) is 0 Å². The average molecular weight is 363 g/mol. The number of carbonyl (C=O) groups is 1. The molecule has 1 aromatic carbocycles. The zero-order valence-electron chi connectivity index (χ0n) is 14.9. The van der Waals surface area contributed by atoms with Crippen molar-refractivity contribution >= 4 is 18.0 Å². The summed E-state index contributed by atoms with van der Waals surface area (Å²) in [5, 5.41) is 3.32. The van der Waals surface area contributed by atoms with Crippen LogP contribution in [-0.2, 0) is 11.3 Å².